The second-order valence-electron chi connectivity index (χ2n) is 4.12. The fourth-order valence-electron chi connectivity index (χ4n) is 2.01. The van der Waals surface area contributed by atoms with E-state index in [0.29, 0.717) is 19.0 Å². The number of fused-ring (bicyclic) bond motifs is 1. The lowest BCUT2D eigenvalue weighted by Gasteiger charge is -2.13. The molecular weight excluding hydrogens is 242 g/mol. The number of aromatic nitrogens is 1. The number of anilines is 1. The minimum Gasteiger partial charge on any atom is -0.493 e. The predicted molar refractivity (Wildman–Crippen MR) is 76.6 cm³/mol. The van der Waals surface area contributed by atoms with E-state index in [1.54, 1.807) is 0 Å². The van der Waals surface area contributed by atoms with Gasteiger partial charge in [-0.2, -0.15) is 0 Å². The lowest BCUT2D eigenvalue weighted by molar-refractivity contribution is 0.336. The topological polar surface area (TPSA) is 69.4 Å². The van der Waals surface area contributed by atoms with Crippen LogP contribution in [-0.4, -0.2) is 18.2 Å². The van der Waals surface area contributed by atoms with Crippen molar-refractivity contribution >= 4 is 16.7 Å². The molecule has 0 atom stereocenters. The van der Waals surface area contributed by atoms with Crippen LogP contribution in [0.1, 0.15) is 19.4 Å². The molecule has 102 valence electrons. The lowest BCUT2D eigenvalue weighted by atomic mass is 10.1. The molecule has 0 saturated heterocycles. The zero-order chi connectivity index (χ0) is 13.8. The SMILES string of the molecule is CCOc1ccc(OCC)c2nc(NN)c(C)cc12. The van der Waals surface area contributed by atoms with E-state index in [1.165, 1.54) is 0 Å². The van der Waals surface area contributed by atoms with Gasteiger partial charge in [0, 0.05) is 5.39 Å². The minimum atomic E-state index is 0.587. The summed E-state index contributed by atoms with van der Waals surface area (Å²) in [5, 5.41) is 0.935. The van der Waals surface area contributed by atoms with Gasteiger partial charge in [-0.3, -0.25) is 0 Å². The normalized spacial score (nSPS) is 10.5. The molecular formula is C14H19N3O2. The van der Waals surface area contributed by atoms with E-state index in [4.69, 9.17) is 15.3 Å². The molecule has 0 radical (unpaired) electrons. The molecule has 0 bridgehead atoms. The molecule has 1 heterocycles. The average Bonchev–Trinajstić information content (AvgIpc) is 2.41. The number of benzene rings is 1. The maximum absolute atomic E-state index is 5.63. The third-order valence-corrected chi connectivity index (χ3v) is 2.83. The maximum Gasteiger partial charge on any atom is 0.145 e. The zero-order valence-corrected chi connectivity index (χ0v) is 11.5. The summed E-state index contributed by atoms with van der Waals surface area (Å²) in [5.41, 5.74) is 4.32. The molecule has 3 N–H and O–H groups in total. The smallest absolute Gasteiger partial charge is 0.145 e. The van der Waals surface area contributed by atoms with E-state index in [0.717, 1.165) is 28.0 Å². The van der Waals surface area contributed by atoms with Crippen LogP contribution in [0.25, 0.3) is 10.9 Å². The van der Waals surface area contributed by atoms with Gasteiger partial charge in [-0.05, 0) is 44.5 Å². The highest BCUT2D eigenvalue weighted by Crippen LogP contribution is 2.34. The van der Waals surface area contributed by atoms with Gasteiger partial charge in [0.15, 0.2) is 0 Å². The van der Waals surface area contributed by atoms with Gasteiger partial charge in [-0.25, -0.2) is 10.8 Å². The Kier molecular flexibility index (Phi) is 4.06. The summed E-state index contributed by atoms with van der Waals surface area (Å²) < 4.78 is 11.2. The number of hydrogen-bond acceptors (Lipinski definition) is 5. The van der Waals surface area contributed by atoms with Crippen molar-refractivity contribution in [3.63, 3.8) is 0 Å². The molecule has 19 heavy (non-hydrogen) atoms. The molecule has 5 heteroatoms. The van der Waals surface area contributed by atoms with Crippen molar-refractivity contribution in [3.8, 4) is 11.5 Å². The van der Waals surface area contributed by atoms with Gasteiger partial charge in [0.2, 0.25) is 0 Å². The molecule has 0 aliphatic carbocycles. The number of nitrogens with zero attached hydrogens (tertiary/aromatic N) is 1. The van der Waals surface area contributed by atoms with Crippen LogP contribution < -0.4 is 20.7 Å². The van der Waals surface area contributed by atoms with E-state index in [2.05, 4.69) is 10.4 Å². The van der Waals surface area contributed by atoms with Crippen LogP contribution in [0.3, 0.4) is 0 Å². The number of hydrogen-bond donors (Lipinski definition) is 2. The Morgan fingerprint density at radius 2 is 1.79 bits per heavy atom. The average molecular weight is 261 g/mol. The monoisotopic (exact) mass is 261 g/mol. The number of aryl methyl sites for hydroxylation is 1. The van der Waals surface area contributed by atoms with Crippen molar-refractivity contribution in [2.24, 2.45) is 5.84 Å². The minimum absolute atomic E-state index is 0.587. The Balaban J connectivity index is 2.69. The van der Waals surface area contributed by atoms with Crippen LogP contribution in [0.5, 0.6) is 11.5 Å². The molecule has 2 rings (SSSR count). The summed E-state index contributed by atoms with van der Waals surface area (Å²) in [5.74, 6) is 7.66. The summed E-state index contributed by atoms with van der Waals surface area (Å²) in [6.45, 7) is 7.05. The highest BCUT2D eigenvalue weighted by molar-refractivity contribution is 5.92. The summed E-state index contributed by atoms with van der Waals surface area (Å²) in [7, 11) is 0. The molecule has 0 spiro atoms. The fraction of sp³-hybridized carbons (Fsp3) is 0.357. The Bertz CT molecular complexity index is 584. The quantitative estimate of drug-likeness (QED) is 0.639. The van der Waals surface area contributed by atoms with E-state index in [9.17, 15) is 0 Å². The molecule has 2 aromatic rings. The first-order valence-electron chi connectivity index (χ1n) is 6.37. The van der Waals surface area contributed by atoms with Crippen LogP contribution >= 0.6 is 0 Å². The molecule has 0 unspecified atom stereocenters. The van der Waals surface area contributed by atoms with Gasteiger partial charge in [0.25, 0.3) is 0 Å². The lowest BCUT2D eigenvalue weighted by Crippen LogP contribution is -2.10. The Labute approximate surface area is 112 Å². The third-order valence-electron chi connectivity index (χ3n) is 2.83. The summed E-state index contributed by atoms with van der Waals surface area (Å²) >= 11 is 0. The largest absolute Gasteiger partial charge is 0.493 e. The Morgan fingerprint density at radius 3 is 2.42 bits per heavy atom. The molecule has 1 aromatic heterocycles. The van der Waals surface area contributed by atoms with Crippen molar-refractivity contribution in [1.82, 2.24) is 4.98 Å². The van der Waals surface area contributed by atoms with Crippen molar-refractivity contribution in [2.75, 3.05) is 18.6 Å². The fourth-order valence-corrected chi connectivity index (χ4v) is 2.01. The van der Waals surface area contributed by atoms with Gasteiger partial charge in [-0.15, -0.1) is 0 Å². The zero-order valence-electron chi connectivity index (χ0n) is 11.5. The standard InChI is InChI=1S/C14H19N3O2/c1-4-18-11-6-7-12(19-5-2)13-10(11)8-9(3)14(16-13)17-15/h6-8H,4-5,15H2,1-3H3,(H,16,17). The number of nitrogens with two attached hydrogens (primary N) is 1. The summed E-state index contributed by atoms with van der Waals surface area (Å²) in [6.07, 6.45) is 0. The second-order valence-corrected chi connectivity index (χ2v) is 4.12. The first kappa shape index (κ1) is 13.4. The van der Waals surface area contributed by atoms with Crippen molar-refractivity contribution < 1.29 is 9.47 Å². The number of rotatable bonds is 5. The van der Waals surface area contributed by atoms with Crippen LogP contribution in [-0.2, 0) is 0 Å². The second kappa shape index (κ2) is 5.75. The maximum atomic E-state index is 5.63. The molecule has 0 aliphatic heterocycles. The van der Waals surface area contributed by atoms with E-state index in [-0.39, 0.29) is 0 Å². The highest BCUT2D eigenvalue weighted by atomic mass is 16.5. The van der Waals surface area contributed by atoms with Crippen LogP contribution in [0, 0.1) is 6.92 Å². The Hall–Kier alpha value is -2.01. The van der Waals surface area contributed by atoms with E-state index >= 15 is 0 Å². The molecule has 0 saturated carbocycles. The molecule has 5 nitrogen and oxygen atoms in total. The first-order chi connectivity index (χ1) is 9.21. The van der Waals surface area contributed by atoms with Gasteiger partial charge < -0.3 is 14.9 Å². The molecule has 0 fully saturated rings. The van der Waals surface area contributed by atoms with Gasteiger partial charge in [-0.1, -0.05) is 0 Å². The van der Waals surface area contributed by atoms with Gasteiger partial charge in [0.1, 0.15) is 22.8 Å². The first-order valence-corrected chi connectivity index (χ1v) is 6.37. The molecule has 0 amide bonds. The molecule has 1 aromatic carbocycles. The van der Waals surface area contributed by atoms with Crippen molar-refractivity contribution in [1.29, 1.82) is 0 Å². The third kappa shape index (κ3) is 2.56. The number of nitrogen functional groups attached to an aromatic ring is 1. The summed E-state index contributed by atoms with van der Waals surface area (Å²) in [4.78, 5) is 4.51. The van der Waals surface area contributed by atoms with Crippen molar-refractivity contribution in [2.45, 2.75) is 20.8 Å². The van der Waals surface area contributed by atoms with Gasteiger partial charge in [0.05, 0.1) is 13.2 Å². The molecule has 0 aliphatic rings. The van der Waals surface area contributed by atoms with E-state index in [1.807, 2.05) is 39.0 Å². The Morgan fingerprint density at radius 1 is 1.16 bits per heavy atom. The summed E-state index contributed by atoms with van der Waals surface area (Å²) in [6, 6.07) is 5.79. The van der Waals surface area contributed by atoms with Crippen LogP contribution in [0.4, 0.5) is 5.82 Å². The van der Waals surface area contributed by atoms with Crippen molar-refractivity contribution in [3.05, 3.63) is 23.8 Å². The number of hydrazine groups is 1. The number of ether oxygens (including phenoxy) is 2. The van der Waals surface area contributed by atoms with Crippen LogP contribution in [0.15, 0.2) is 18.2 Å². The number of pyridine rings is 1. The number of nitrogens with one attached hydrogen (secondary N) is 1. The predicted octanol–water partition coefficient (Wildman–Crippen LogP) is 2.63. The van der Waals surface area contributed by atoms with E-state index < -0.39 is 0 Å². The van der Waals surface area contributed by atoms with Gasteiger partial charge >= 0.3 is 0 Å². The highest BCUT2D eigenvalue weighted by Gasteiger charge is 2.12. The van der Waals surface area contributed by atoms with Crippen LogP contribution in [0.2, 0.25) is 0 Å².